The van der Waals surface area contributed by atoms with Crippen molar-refractivity contribution in [3.8, 4) is 0 Å². The van der Waals surface area contributed by atoms with Gasteiger partial charge in [0.1, 0.15) is 0 Å². The second-order valence-electron chi connectivity index (χ2n) is 5.57. The predicted molar refractivity (Wildman–Crippen MR) is 71.3 cm³/mol. The van der Waals surface area contributed by atoms with E-state index in [1.807, 2.05) is 0 Å². The maximum absolute atomic E-state index is 12.3. The molecule has 2 rings (SSSR count). The molecule has 0 radical (unpaired) electrons. The fourth-order valence-corrected chi connectivity index (χ4v) is 3.59. The van der Waals surface area contributed by atoms with Crippen molar-refractivity contribution >= 4 is 17.5 Å². The Balaban J connectivity index is 1.86. The van der Waals surface area contributed by atoms with Gasteiger partial charge in [0.15, 0.2) is 0 Å². The van der Waals surface area contributed by atoms with E-state index in [1.54, 1.807) is 0 Å². The smallest absolute Gasteiger partial charge is 0.223 e. The van der Waals surface area contributed by atoms with Crippen LogP contribution in [0.1, 0.15) is 57.8 Å². The van der Waals surface area contributed by atoms with Gasteiger partial charge in [-0.3, -0.25) is 4.79 Å². The Morgan fingerprint density at radius 2 is 1.82 bits per heavy atom. The number of carbonyl (C=O) groups excluding carboxylic acids is 1. The zero-order valence-electron chi connectivity index (χ0n) is 10.7. The summed E-state index contributed by atoms with van der Waals surface area (Å²) in [5, 5.41) is 0. The predicted octanol–water partition coefficient (Wildman–Crippen LogP) is 3.58. The zero-order valence-corrected chi connectivity index (χ0v) is 11.4. The van der Waals surface area contributed by atoms with Crippen molar-refractivity contribution in [2.24, 2.45) is 5.92 Å². The van der Waals surface area contributed by atoms with E-state index in [1.165, 1.54) is 38.5 Å². The summed E-state index contributed by atoms with van der Waals surface area (Å²) in [6.45, 7) is 0.965. The number of nitrogens with zero attached hydrogens (tertiary/aromatic N) is 1. The minimum absolute atomic E-state index is 0.395. The summed E-state index contributed by atoms with van der Waals surface area (Å²) in [4.78, 5) is 14.5. The van der Waals surface area contributed by atoms with Crippen molar-refractivity contribution in [1.29, 1.82) is 0 Å². The van der Waals surface area contributed by atoms with Crippen molar-refractivity contribution in [3.05, 3.63) is 0 Å². The summed E-state index contributed by atoms with van der Waals surface area (Å²) in [6, 6.07) is 0.426. The lowest BCUT2D eigenvalue weighted by Gasteiger charge is -2.36. The molecule has 2 nitrogen and oxygen atoms in total. The van der Waals surface area contributed by atoms with Crippen molar-refractivity contribution in [1.82, 2.24) is 4.90 Å². The Labute approximate surface area is 110 Å². The molecule has 1 heterocycles. The minimum atomic E-state index is 0.395. The minimum Gasteiger partial charge on any atom is -0.340 e. The highest BCUT2D eigenvalue weighted by molar-refractivity contribution is 6.17. The number of rotatable bonds is 4. The molecule has 3 heteroatoms. The van der Waals surface area contributed by atoms with Crippen LogP contribution in [0.15, 0.2) is 0 Å². The third kappa shape index (κ3) is 3.61. The quantitative estimate of drug-likeness (QED) is 0.705. The first-order valence-corrected chi connectivity index (χ1v) is 7.70. The molecular formula is C14H24ClNO. The van der Waals surface area contributed by atoms with Crippen molar-refractivity contribution in [2.45, 2.75) is 63.8 Å². The van der Waals surface area contributed by atoms with Crippen LogP contribution in [-0.4, -0.2) is 29.3 Å². The lowest BCUT2D eigenvalue weighted by Crippen LogP contribution is -2.44. The van der Waals surface area contributed by atoms with Crippen LogP contribution < -0.4 is 0 Å². The summed E-state index contributed by atoms with van der Waals surface area (Å²) in [6.07, 6.45) is 10.5. The summed E-state index contributed by atoms with van der Waals surface area (Å²) < 4.78 is 0. The Morgan fingerprint density at radius 3 is 2.53 bits per heavy atom. The van der Waals surface area contributed by atoms with E-state index in [0.717, 1.165) is 25.8 Å². The van der Waals surface area contributed by atoms with Gasteiger partial charge < -0.3 is 4.90 Å². The number of carbonyl (C=O) groups is 1. The average molecular weight is 258 g/mol. The number of amides is 1. The van der Waals surface area contributed by atoms with Crippen LogP contribution >= 0.6 is 11.6 Å². The average Bonchev–Trinajstić information content (AvgIpc) is 2.83. The van der Waals surface area contributed by atoms with Crippen molar-refractivity contribution in [2.75, 3.05) is 12.4 Å². The van der Waals surface area contributed by atoms with Crippen molar-refractivity contribution in [3.63, 3.8) is 0 Å². The molecule has 1 atom stereocenters. The number of likely N-dealkylation sites (tertiary alicyclic amines) is 1. The van der Waals surface area contributed by atoms with Gasteiger partial charge in [-0.15, -0.1) is 11.6 Å². The Bertz CT molecular complexity index is 249. The van der Waals surface area contributed by atoms with E-state index in [-0.39, 0.29) is 0 Å². The van der Waals surface area contributed by atoms with Gasteiger partial charge in [0.05, 0.1) is 0 Å². The maximum atomic E-state index is 12.3. The molecule has 2 fully saturated rings. The van der Waals surface area contributed by atoms with Crippen LogP contribution in [0.3, 0.4) is 0 Å². The number of piperidine rings is 1. The van der Waals surface area contributed by atoms with Crippen LogP contribution in [0.25, 0.3) is 0 Å². The number of alkyl halides is 1. The molecule has 0 aromatic rings. The molecule has 0 aromatic heterocycles. The van der Waals surface area contributed by atoms with E-state index in [0.29, 0.717) is 23.7 Å². The Morgan fingerprint density at radius 1 is 1.12 bits per heavy atom. The lowest BCUT2D eigenvalue weighted by atomic mass is 9.97. The molecule has 1 aliphatic carbocycles. The first-order valence-electron chi connectivity index (χ1n) is 7.16. The third-order valence-electron chi connectivity index (χ3n) is 4.33. The second kappa shape index (κ2) is 6.63. The molecule has 1 amide bonds. The van der Waals surface area contributed by atoms with Gasteiger partial charge >= 0.3 is 0 Å². The van der Waals surface area contributed by atoms with Gasteiger partial charge in [0.2, 0.25) is 5.91 Å². The maximum Gasteiger partial charge on any atom is 0.223 e. The van der Waals surface area contributed by atoms with Crippen LogP contribution in [0, 0.1) is 5.92 Å². The van der Waals surface area contributed by atoms with Crippen LogP contribution in [0.4, 0.5) is 0 Å². The second-order valence-corrected chi connectivity index (χ2v) is 5.95. The molecule has 98 valence electrons. The van der Waals surface area contributed by atoms with Gasteiger partial charge in [-0.1, -0.05) is 12.8 Å². The molecular weight excluding hydrogens is 234 g/mol. The SMILES string of the molecule is O=C(CC1CCCC1)N1CCCCC1CCCl. The van der Waals surface area contributed by atoms with Crippen molar-refractivity contribution < 1.29 is 4.79 Å². The van der Waals surface area contributed by atoms with Gasteiger partial charge in [-0.05, 0) is 44.4 Å². The topological polar surface area (TPSA) is 20.3 Å². The molecule has 0 spiro atoms. The van der Waals surface area contributed by atoms with E-state index >= 15 is 0 Å². The molecule has 0 N–H and O–H groups in total. The monoisotopic (exact) mass is 257 g/mol. The highest BCUT2D eigenvalue weighted by atomic mass is 35.5. The molecule has 1 saturated carbocycles. The zero-order chi connectivity index (χ0) is 12.1. The molecule has 17 heavy (non-hydrogen) atoms. The highest BCUT2D eigenvalue weighted by Crippen LogP contribution is 2.29. The molecule has 0 aromatic carbocycles. The Hall–Kier alpha value is -0.240. The van der Waals surface area contributed by atoms with Crippen LogP contribution in [0.2, 0.25) is 0 Å². The van der Waals surface area contributed by atoms with Gasteiger partial charge in [-0.2, -0.15) is 0 Å². The fraction of sp³-hybridized carbons (Fsp3) is 0.929. The number of halogens is 1. The van der Waals surface area contributed by atoms with Gasteiger partial charge in [0.25, 0.3) is 0 Å². The molecule has 1 aliphatic heterocycles. The van der Waals surface area contributed by atoms with E-state index < -0.39 is 0 Å². The lowest BCUT2D eigenvalue weighted by molar-refractivity contribution is -0.135. The molecule has 2 aliphatic rings. The standard InChI is InChI=1S/C14H24ClNO/c15-9-8-13-7-3-4-10-16(13)14(17)11-12-5-1-2-6-12/h12-13H,1-11H2. The first-order chi connectivity index (χ1) is 8.31. The van der Waals surface area contributed by atoms with Crippen LogP contribution in [-0.2, 0) is 4.79 Å². The largest absolute Gasteiger partial charge is 0.340 e. The van der Waals surface area contributed by atoms with Gasteiger partial charge in [0, 0.05) is 24.9 Å². The molecule has 1 saturated heterocycles. The number of hydrogen-bond donors (Lipinski definition) is 0. The highest BCUT2D eigenvalue weighted by Gasteiger charge is 2.28. The summed E-state index contributed by atoms with van der Waals surface area (Å²) in [5.41, 5.74) is 0. The third-order valence-corrected chi connectivity index (χ3v) is 4.55. The Kier molecular flexibility index (Phi) is 5.15. The van der Waals surface area contributed by atoms with Gasteiger partial charge in [-0.25, -0.2) is 0 Å². The number of hydrogen-bond acceptors (Lipinski definition) is 1. The first kappa shape index (κ1) is 13.2. The molecule has 0 bridgehead atoms. The van der Waals surface area contributed by atoms with E-state index in [9.17, 15) is 4.79 Å². The summed E-state index contributed by atoms with van der Waals surface area (Å²) >= 11 is 5.84. The normalized spacial score (nSPS) is 26.4. The summed E-state index contributed by atoms with van der Waals surface area (Å²) in [5.74, 6) is 1.74. The van der Waals surface area contributed by atoms with Crippen LogP contribution in [0.5, 0.6) is 0 Å². The molecule has 1 unspecified atom stereocenters. The van der Waals surface area contributed by atoms with E-state index in [4.69, 9.17) is 11.6 Å². The fourth-order valence-electron chi connectivity index (χ4n) is 3.33. The summed E-state index contributed by atoms with van der Waals surface area (Å²) in [7, 11) is 0. The van der Waals surface area contributed by atoms with E-state index in [2.05, 4.69) is 4.90 Å².